The first kappa shape index (κ1) is 15.7. The molecule has 108 valence electrons. The van der Waals surface area contributed by atoms with E-state index in [0.717, 1.165) is 38.9 Å². The fraction of sp³-hybridized carbons (Fsp3) is 0.429. The minimum absolute atomic E-state index is 0.240. The van der Waals surface area contributed by atoms with Gasteiger partial charge in [-0.1, -0.05) is 35.0 Å². The predicted molar refractivity (Wildman–Crippen MR) is 88.2 cm³/mol. The molecule has 0 saturated carbocycles. The molecule has 1 aromatic heterocycles. The molecule has 0 bridgehead atoms. The Morgan fingerprint density at radius 1 is 1.30 bits per heavy atom. The van der Waals surface area contributed by atoms with E-state index >= 15 is 0 Å². The molecular formula is C14H18Br2N4. The SMILES string of the molecule is CCc1c(C(CC)NC)nnn1-c1cc(Br)ccc1Br. The Bertz CT molecular complexity index is 591. The van der Waals surface area contributed by atoms with Gasteiger partial charge in [-0.3, -0.25) is 0 Å². The second kappa shape index (κ2) is 6.83. The number of hydrogen-bond acceptors (Lipinski definition) is 3. The van der Waals surface area contributed by atoms with Crippen LogP contribution in [-0.2, 0) is 6.42 Å². The van der Waals surface area contributed by atoms with Crippen molar-refractivity contribution in [2.24, 2.45) is 0 Å². The molecule has 0 amide bonds. The highest BCUT2D eigenvalue weighted by Crippen LogP contribution is 2.28. The first-order valence-corrected chi connectivity index (χ1v) is 8.28. The van der Waals surface area contributed by atoms with E-state index in [2.05, 4.69) is 61.3 Å². The van der Waals surface area contributed by atoms with Crippen LogP contribution in [0.4, 0.5) is 0 Å². The molecule has 6 heteroatoms. The minimum Gasteiger partial charge on any atom is -0.312 e. The lowest BCUT2D eigenvalue weighted by Gasteiger charge is -2.13. The van der Waals surface area contributed by atoms with Gasteiger partial charge < -0.3 is 5.32 Å². The Labute approximate surface area is 136 Å². The highest BCUT2D eigenvalue weighted by molar-refractivity contribution is 9.11. The van der Waals surface area contributed by atoms with Crippen LogP contribution in [0, 0.1) is 0 Å². The van der Waals surface area contributed by atoms with Gasteiger partial charge in [0.25, 0.3) is 0 Å². The summed E-state index contributed by atoms with van der Waals surface area (Å²) in [6, 6.07) is 6.29. The zero-order valence-electron chi connectivity index (χ0n) is 11.8. The van der Waals surface area contributed by atoms with Crippen molar-refractivity contribution in [1.82, 2.24) is 20.3 Å². The Hall–Kier alpha value is -0.720. The largest absolute Gasteiger partial charge is 0.312 e. The summed E-state index contributed by atoms with van der Waals surface area (Å²) in [5, 5.41) is 12.0. The van der Waals surface area contributed by atoms with Crippen LogP contribution in [-0.4, -0.2) is 22.0 Å². The summed E-state index contributed by atoms with van der Waals surface area (Å²) < 4.78 is 3.95. The van der Waals surface area contributed by atoms with Crippen LogP contribution < -0.4 is 5.32 Å². The van der Waals surface area contributed by atoms with Gasteiger partial charge >= 0.3 is 0 Å². The highest BCUT2D eigenvalue weighted by atomic mass is 79.9. The Balaban J connectivity index is 2.55. The molecule has 1 heterocycles. The molecule has 1 aromatic carbocycles. The average molecular weight is 402 g/mol. The quantitative estimate of drug-likeness (QED) is 0.822. The molecule has 4 nitrogen and oxygen atoms in total. The van der Waals surface area contributed by atoms with Crippen molar-refractivity contribution in [3.05, 3.63) is 38.5 Å². The number of aromatic nitrogens is 3. The maximum Gasteiger partial charge on any atom is 0.103 e. The van der Waals surface area contributed by atoms with Gasteiger partial charge in [0, 0.05) is 8.95 Å². The Kier molecular flexibility index (Phi) is 5.35. The number of hydrogen-bond donors (Lipinski definition) is 1. The summed E-state index contributed by atoms with van der Waals surface area (Å²) >= 11 is 7.09. The zero-order chi connectivity index (χ0) is 14.7. The van der Waals surface area contributed by atoms with E-state index in [1.54, 1.807) is 0 Å². The zero-order valence-corrected chi connectivity index (χ0v) is 15.0. The molecule has 0 aliphatic carbocycles. The highest BCUT2D eigenvalue weighted by Gasteiger charge is 2.20. The van der Waals surface area contributed by atoms with E-state index in [4.69, 9.17) is 0 Å². The molecule has 2 aromatic rings. The molecule has 0 radical (unpaired) electrons. The lowest BCUT2D eigenvalue weighted by Crippen LogP contribution is -2.17. The van der Waals surface area contributed by atoms with Crippen molar-refractivity contribution < 1.29 is 0 Å². The van der Waals surface area contributed by atoms with E-state index in [9.17, 15) is 0 Å². The van der Waals surface area contributed by atoms with Gasteiger partial charge in [-0.25, -0.2) is 4.68 Å². The van der Waals surface area contributed by atoms with E-state index in [0.29, 0.717) is 0 Å². The first-order valence-electron chi connectivity index (χ1n) is 6.69. The summed E-state index contributed by atoms with van der Waals surface area (Å²) in [5.41, 5.74) is 3.18. The van der Waals surface area contributed by atoms with Crippen molar-refractivity contribution in [2.75, 3.05) is 7.05 Å². The van der Waals surface area contributed by atoms with Gasteiger partial charge in [0.15, 0.2) is 0 Å². The van der Waals surface area contributed by atoms with Crippen LogP contribution in [0.15, 0.2) is 27.1 Å². The van der Waals surface area contributed by atoms with Gasteiger partial charge in [-0.2, -0.15) is 0 Å². The van der Waals surface area contributed by atoms with Gasteiger partial charge in [0.1, 0.15) is 5.69 Å². The van der Waals surface area contributed by atoms with Crippen molar-refractivity contribution in [3.63, 3.8) is 0 Å². The average Bonchev–Trinajstić information content (AvgIpc) is 2.86. The van der Waals surface area contributed by atoms with Gasteiger partial charge in [-0.15, -0.1) is 5.10 Å². The lowest BCUT2D eigenvalue weighted by atomic mass is 10.1. The maximum atomic E-state index is 4.39. The topological polar surface area (TPSA) is 42.7 Å². The molecule has 1 N–H and O–H groups in total. The number of benzene rings is 1. The lowest BCUT2D eigenvalue weighted by molar-refractivity contribution is 0.555. The van der Waals surface area contributed by atoms with Crippen LogP contribution in [0.5, 0.6) is 0 Å². The van der Waals surface area contributed by atoms with E-state index in [1.807, 2.05) is 29.9 Å². The molecule has 1 atom stereocenters. The van der Waals surface area contributed by atoms with Crippen LogP contribution in [0.3, 0.4) is 0 Å². The third kappa shape index (κ3) is 2.97. The van der Waals surface area contributed by atoms with Crippen molar-refractivity contribution in [1.29, 1.82) is 0 Å². The second-order valence-corrected chi connectivity index (χ2v) is 6.30. The molecule has 2 rings (SSSR count). The van der Waals surface area contributed by atoms with Gasteiger partial charge in [0.2, 0.25) is 0 Å². The second-order valence-electron chi connectivity index (χ2n) is 4.53. The van der Waals surface area contributed by atoms with Crippen molar-refractivity contribution in [3.8, 4) is 5.69 Å². The monoisotopic (exact) mass is 400 g/mol. The molecule has 0 saturated heterocycles. The summed E-state index contributed by atoms with van der Waals surface area (Å²) in [7, 11) is 1.96. The first-order chi connectivity index (χ1) is 9.62. The molecule has 0 fully saturated rings. The summed E-state index contributed by atoms with van der Waals surface area (Å²) in [5.74, 6) is 0. The minimum atomic E-state index is 0.240. The van der Waals surface area contributed by atoms with E-state index in [1.165, 1.54) is 0 Å². The van der Waals surface area contributed by atoms with Gasteiger partial charge in [-0.05, 0) is 54.0 Å². The smallest absolute Gasteiger partial charge is 0.103 e. The fourth-order valence-electron chi connectivity index (χ4n) is 2.29. The van der Waals surface area contributed by atoms with E-state index < -0.39 is 0 Å². The standard InChI is InChI=1S/C14H18Br2N4/c1-4-11(17-3)14-12(5-2)20(19-18-14)13-8-9(15)6-7-10(13)16/h6-8,11,17H,4-5H2,1-3H3. The van der Waals surface area contributed by atoms with Crippen LogP contribution >= 0.6 is 31.9 Å². The third-order valence-corrected chi connectivity index (χ3v) is 4.52. The van der Waals surface area contributed by atoms with Crippen LogP contribution in [0.2, 0.25) is 0 Å². The predicted octanol–water partition coefficient (Wildman–Crippen LogP) is 4.03. The number of rotatable bonds is 5. The summed E-state index contributed by atoms with van der Waals surface area (Å²) in [6.45, 7) is 4.28. The maximum absolute atomic E-state index is 4.39. The fourth-order valence-corrected chi connectivity index (χ4v) is 3.05. The number of nitrogens with zero attached hydrogens (tertiary/aromatic N) is 3. The number of halogens is 2. The van der Waals surface area contributed by atoms with Crippen molar-refractivity contribution >= 4 is 31.9 Å². The van der Waals surface area contributed by atoms with Crippen molar-refractivity contribution in [2.45, 2.75) is 32.7 Å². The molecular weight excluding hydrogens is 384 g/mol. The molecule has 20 heavy (non-hydrogen) atoms. The third-order valence-electron chi connectivity index (χ3n) is 3.35. The molecule has 0 aliphatic rings. The van der Waals surface area contributed by atoms with Crippen LogP contribution in [0.1, 0.15) is 37.7 Å². The Morgan fingerprint density at radius 2 is 2.05 bits per heavy atom. The summed E-state index contributed by atoms with van der Waals surface area (Å²) in [4.78, 5) is 0. The molecule has 0 spiro atoms. The molecule has 1 unspecified atom stereocenters. The Morgan fingerprint density at radius 3 is 2.65 bits per heavy atom. The van der Waals surface area contributed by atoms with E-state index in [-0.39, 0.29) is 6.04 Å². The summed E-state index contributed by atoms with van der Waals surface area (Å²) in [6.07, 6.45) is 1.88. The molecule has 0 aliphatic heterocycles. The van der Waals surface area contributed by atoms with Crippen LogP contribution in [0.25, 0.3) is 5.69 Å². The van der Waals surface area contributed by atoms with Gasteiger partial charge in [0.05, 0.1) is 17.4 Å². The normalized spacial score (nSPS) is 12.7. The number of nitrogens with one attached hydrogen (secondary N) is 1.